The summed E-state index contributed by atoms with van der Waals surface area (Å²) >= 11 is 3.32. The summed E-state index contributed by atoms with van der Waals surface area (Å²) in [5.41, 5.74) is 1.65. The van der Waals surface area contributed by atoms with Gasteiger partial charge < -0.3 is 9.47 Å². The number of hydrogen-bond acceptors (Lipinski definition) is 3. The maximum Gasteiger partial charge on any atom is 0.327 e. The number of ether oxygens (including phenoxy) is 2. The molecule has 14 heavy (non-hydrogen) atoms. The third-order valence-corrected chi connectivity index (χ3v) is 3.22. The Morgan fingerprint density at radius 1 is 1.64 bits per heavy atom. The molecule has 1 aliphatic rings. The average Bonchev–Trinajstić information content (AvgIpc) is 2.44. The van der Waals surface area contributed by atoms with Crippen molar-refractivity contribution in [2.45, 2.75) is 25.6 Å². The highest BCUT2D eigenvalue weighted by Crippen LogP contribution is 2.36. The lowest BCUT2D eigenvalue weighted by Crippen LogP contribution is -2.36. The highest BCUT2D eigenvalue weighted by atomic mass is 79.9. The van der Waals surface area contributed by atoms with Crippen LogP contribution in [0, 0.1) is 0 Å². The molecule has 3 nitrogen and oxygen atoms in total. The summed E-state index contributed by atoms with van der Waals surface area (Å²) in [6, 6.07) is 0. The Labute approximate surface area is 93.4 Å². The summed E-state index contributed by atoms with van der Waals surface area (Å²) in [7, 11) is 3.35. The number of alkyl halides is 1. The van der Waals surface area contributed by atoms with E-state index in [1.54, 1.807) is 15.0 Å². The largest absolute Gasteiger partial charge is 0.425 e. The van der Waals surface area contributed by atoms with Gasteiger partial charge >= 0.3 is 5.97 Å². The van der Waals surface area contributed by atoms with Crippen LogP contribution < -0.4 is 0 Å². The van der Waals surface area contributed by atoms with E-state index in [1.807, 2.05) is 0 Å². The first kappa shape index (κ1) is 11.8. The summed E-state index contributed by atoms with van der Waals surface area (Å²) in [5.74, 6) is -1.13. The van der Waals surface area contributed by atoms with E-state index in [1.165, 1.54) is 0 Å². The Hall–Kier alpha value is -0.285. The van der Waals surface area contributed by atoms with Crippen LogP contribution in [0.2, 0.25) is 0 Å². The third-order valence-electron chi connectivity index (χ3n) is 2.48. The van der Waals surface area contributed by atoms with Gasteiger partial charge in [0.15, 0.2) is 0 Å². The molecule has 0 aliphatic carbocycles. The summed E-state index contributed by atoms with van der Waals surface area (Å²) in [6.45, 7) is 2.07. The Morgan fingerprint density at radius 3 is 2.71 bits per heavy atom. The Balaban J connectivity index is 3.05. The van der Waals surface area contributed by atoms with Crippen LogP contribution in [-0.2, 0) is 14.3 Å². The van der Waals surface area contributed by atoms with Crippen molar-refractivity contribution in [1.82, 2.24) is 0 Å². The van der Waals surface area contributed by atoms with Gasteiger partial charge in [-0.2, -0.15) is 0 Å². The van der Waals surface area contributed by atoms with Crippen molar-refractivity contribution in [2.75, 3.05) is 12.4 Å². The van der Waals surface area contributed by atoms with Gasteiger partial charge in [-0.1, -0.05) is 29.3 Å². The number of halogens is 1. The zero-order chi connectivity index (χ0) is 10.8. The first-order valence-electron chi connectivity index (χ1n) is 4.66. The predicted octanol–water partition coefficient (Wildman–Crippen LogP) is 0.968. The number of carbonyl (C=O) groups excluding carboxylic acids is 1. The van der Waals surface area contributed by atoms with Gasteiger partial charge in [-0.15, -0.1) is 0 Å². The molecule has 1 rings (SSSR count). The van der Waals surface area contributed by atoms with Crippen LogP contribution in [0.5, 0.6) is 0 Å². The van der Waals surface area contributed by atoms with Gasteiger partial charge in [0, 0.05) is 18.2 Å². The Bertz CT molecular complexity index is 271. The van der Waals surface area contributed by atoms with Gasteiger partial charge in [-0.05, 0) is 6.42 Å². The van der Waals surface area contributed by atoms with Crippen LogP contribution in [-0.4, -0.2) is 32.0 Å². The van der Waals surface area contributed by atoms with E-state index >= 15 is 0 Å². The number of rotatable bonds is 4. The molecule has 0 aromatic heterocycles. The lowest BCUT2D eigenvalue weighted by Gasteiger charge is -2.27. The molecule has 1 heterocycles. The summed E-state index contributed by atoms with van der Waals surface area (Å²) in [4.78, 5) is 11.4. The smallest absolute Gasteiger partial charge is 0.327 e. The minimum atomic E-state index is -0.864. The van der Waals surface area contributed by atoms with Gasteiger partial charge in [0.05, 0.1) is 5.33 Å². The first-order valence-corrected chi connectivity index (χ1v) is 5.78. The molecule has 1 atom stereocenters. The topological polar surface area (TPSA) is 35.5 Å². The first-order chi connectivity index (χ1) is 6.61. The summed E-state index contributed by atoms with van der Waals surface area (Å²) in [6.07, 6.45) is 1.80. The molecular weight excluding hydrogens is 247 g/mol. The highest BCUT2D eigenvalue weighted by molar-refractivity contribution is 9.09. The Morgan fingerprint density at radius 2 is 2.29 bits per heavy atom. The monoisotopic (exact) mass is 260 g/mol. The van der Waals surface area contributed by atoms with Crippen molar-refractivity contribution in [1.29, 1.82) is 0 Å². The van der Waals surface area contributed by atoms with E-state index in [0.29, 0.717) is 10.8 Å². The minimum Gasteiger partial charge on any atom is -0.425 e. The second-order valence-corrected chi connectivity index (χ2v) is 3.89. The number of cyclic esters (lactones) is 1. The molecule has 0 amide bonds. The van der Waals surface area contributed by atoms with Crippen LogP contribution in [0.25, 0.3) is 0 Å². The second-order valence-electron chi connectivity index (χ2n) is 3.33. The molecule has 0 bridgehead atoms. The van der Waals surface area contributed by atoms with Crippen LogP contribution in [0.4, 0.5) is 0 Å². The van der Waals surface area contributed by atoms with Crippen molar-refractivity contribution < 1.29 is 14.3 Å². The van der Waals surface area contributed by atoms with E-state index < -0.39 is 5.79 Å². The predicted molar refractivity (Wildman–Crippen MR) is 60.1 cm³/mol. The molecule has 0 fully saturated rings. The number of esters is 1. The number of carbonyl (C=O) groups is 1. The summed E-state index contributed by atoms with van der Waals surface area (Å²) < 4.78 is 10.5. The molecule has 1 unspecified atom stereocenters. The van der Waals surface area contributed by atoms with E-state index in [9.17, 15) is 4.79 Å². The summed E-state index contributed by atoms with van der Waals surface area (Å²) in [5, 5.41) is 0.481. The molecule has 5 heteroatoms. The zero-order valence-corrected chi connectivity index (χ0v) is 10.3. The molecular formula is C9H14BBrO3. The molecule has 0 N–H and O–H groups in total. The highest BCUT2D eigenvalue weighted by Gasteiger charge is 2.44. The van der Waals surface area contributed by atoms with Crippen molar-refractivity contribution in [3.8, 4) is 0 Å². The van der Waals surface area contributed by atoms with Gasteiger partial charge in [-0.3, -0.25) is 0 Å². The lowest BCUT2D eigenvalue weighted by molar-refractivity contribution is -0.183. The Kier molecular flexibility index (Phi) is 3.78. The molecule has 0 saturated heterocycles. The SMILES string of the molecule is BC1=C(CCC)C(CBr)(OC)OC1=O. The zero-order valence-electron chi connectivity index (χ0n) is 8.72. The standard InChI is InChI=1S/C9H14BBrO3/c1-3-4-6-7(10)8(12)14-9(6,5-11)13-2/h3-5,10H2,1-2H3. The van der Waals surface area contributed by atoms with Crippen molar-refractivity contribution in [2.24, 2.45) is 0 Å². The van der Waals surface area contributed by atoms with Crippen LogP contribution in [0.1, 0.15) is 19.8 Å². The fourth-order valence-corrected chi connectivity index (χ4v) is 2.33. The molecule has 0 aromatic carbocycles. The maximum absolute atomic E-state index is 11.4. The molecule has 1 aliphatic heterocycles. The van der Waals surface area contributed by atoms with E-state index in [-0.39, 0.29) is 5.97 Å². The molecule has 0 radical (unpaired) electrons. The molecule has 0 saturated carbocycles. The van der Waals surface area contributed by atoms with Crippen LogP contribution in [0.15, 0.2) is 11.0 Å². The second kappa shape index (κ2) is 4.49. The lowest BCUT2D eigenvalue weighted by atomic mass is 9.87. The normalized spacial score (nSPS) is 26.9. The van der Waals surface area contributed by atoms with E-state index in [2.05, 4.69) is 22.9 Å². The van der Waals surface area contributed by atoms with Crippen molar-refractivity contribution >= 4 is 29.7 Å². The average molecular weight is 261 g/mol. The van der Waals surface area contributed by atoms with Crippen LogP contribution >= 0.6 is 15.9 Å². The van der Waals surface area contributed by atoms with E-state index in [0.717, 1.165) is 18.4 Å². The molecule has 78 valence electrons. The van der Waals surface area contributed by atoms with Gasteiger partial charge in [-0.25, -0.2) is 4.79 Å². The molecule has 0 spiro atoms. The fourth-order valence-electron chi connectivity index (χ4n) is 1.65. The quantitative estimate of drug-likeness (QED) is 0.429. The third kappa shape index (κ3) is 1.75. The maximum atomic E-state index is 11.4. The van der Waals surface area contributed by atoms with Crippen molar-refractivity contribution in [3.05, 3.63) is 11.0 Å². The van der Waals surface area contributed by atoms with Gasteiger partial charge in [0.2, 0.25) is 5.79 Å². The fraction of sp³-hybridized carbons (Fsp3) is 0.667. The molecule has 0 aromatic rings. The minimum absolute atomic E-state index is 0.269. The number of methoxy groups -OCH3 is 1. The van der Waals surface area contributed by atoms with Gasteiger partial charge in [0.25, 0.3) is 0 Å². The van der Waals surface area contributed by atoms with E-state index in [4.69, 9.17) is 9.47 Å². The van der Waals surface area contributed by atoms with Crippen LogP contribution in [0.3, 0.4) is 0 Å². The van der Waals surface area contributed by atoms with Crippen molar-refractivity contribution in [3.63, 3.8) is 0 Å². The number of hydrogen-bond donors (Lipinski definition) is 0. The van der Waals surface area contributed by atoms with Gasteiger partial charge in [0.1, 0.15) is 7.85 Å².